The van der Waals surface area contributed by atoms with Crippen LogP contribution in [0.5, 0.6) is 0 Å². The van der Waals surface area contributed by atoms with Gasteiger partial charge < -0.3 is 5.32 Å². The Morgan fingerprint density at radius 3 is 1.86 bits per heavy atom. The Morgan fingerprint density at radius 2 is 1.64 bits per heavy atom. The number of halogens is 6. The second-order valence-corrected chi connectivity index (χ2v) is 2.56. The molecule has 1 heterocycles. The fourth-order valence-electron chi connectivity index (χ4n) is 0.934. The first-order chi connectivity index (χ1) is 6.14. The lowest BCUT2D eigenvalue weighted by molar-refractivity contribution is -0.164. The van der Waals surface area contributed by atoms with Crippen LogP contribution in [0, 0.1) is 0 Å². The molecule has 1 aliphatic heterocycles. The van der Waals surface area contributed by atoms with Gasteiger partial charge >= 0.3 is 12.4 Å². The summed E-state index contributed by atoms with van der Waals surface area (Å²) in [5, 5.41) is 1.35. The van der Waals surface area contributed by atoms with E-state index < -0.39 is 29.8 Å². The number of carbonyl (C=O) groups excluding carboxylic acids is 1. The number of Topliss-reactive ketones (excluding diaryl/α,β-unsaturated/α-hetero) is 1. The minimum absolute atomic E-state index is 0.0422. The molecular weight excluding hydrogens is 216 g/mol. The molecule has 0 saturated heterocycles. The molecule has 1 atom stereocenters. The molecule has 80 valence electrons. The second-order valence-electron chi connectivity index (χ2n) is 2.56. The predicted octanol–water partition coefficient (Wildman–Crippen LogP) is 1.54. The number of ketones is 1. The van der Waals surface area contributed by atoms with Gasteiger partial charge in [-0.25, -0.2) is 0 Å². The molecule has 0 spiro atoms. The van der Waals surface area contributed by atoms with Gasteiger partial charge in [-0.05, 0) is 0 Å². The standard InChI is InChI=1S/C6H3F6NO/c7-5(8,9)2-1-13-4(3(2)14)6(10,11)12/h1,4,13H. The molecular formula is C6H3F6NO. The van der Waals surface area contributed by atoms with Crippen molar-refractivity contribution in [3.63, 3.8) is 0 Å². The molecule has 2 nitrogen and oxygen atoms in total. The third kappa shape index (κ3) is 1.83. The largest absolute Gasteiger partial charge is 0.421 e. The van der Waals surface area contributed by atoms with Gasteiger partial charge in [0.15, 0.2) is 6.04 Å². The smallest absolute Gasteiger partial charge is 0.373 e. The molecule has 1 aliphatic rings. The van der Waals surface area contributed by atoms with Crippen LogP contribution in [0.25, 0.3) is 0 Å². The molecule has 1 unspecified atom stereocenters. The summed E-state index contributed by atoms with van der Waals surface area (Å²) in [6, 6.07) is -2.78. The molecule has 1 N–H and O–H groups in total. The summed E-state index contributed by atoms with van der Waals surface area (Å²) in [4.78, 5) is 10.6. The van der Waals surface area contributed by atoms with Crippen molar-refractivity contribution in [2.24, 2.45) is 0 Å². The Bertz CT molecular complexity index is 288. The lowest BCUT2D eigenvalue weighted by atomic mass is 10.1. The SMILES string of the molecule is O=C1C(C(F)(F)F)=CNC1C(F)(F)F. The van der Waals surface area contributed by atoms with E-state index in [4.69, 9.17) is 0 Å². The highest BCUT2D eigenvalue weighted by molar-refractivity contribution is 6.03. The molecule has 0 aliphatic carbocycles. The molecule has 1 rings (SSSR count). The van der Waals surface area contributed by atoms with Gasteiger partial charge in [0.1, 0.15) is 5.57 Å². The van der Waals surface area contributed by atoms with E-state index >= 15 is 0 Å². The van der Waals surface area contributed by atoms with Crippen LogP contribution in [0.15, 0.2) is 11.8 Å². The maximum atomic E-state index is 11.9. The Balaban J connectivity index is 2.88. The molecule has 0 radical (unpaired) electrons. The van der Waals surface area contributed by atoms with E-state index in [-0.39, 0.29) is 6.20 Å². The lowest BCUT2D eigenvalue weighted by Gasteiger charge is -2.14. The minimum atomic E-state index is -5.05. The summed E-state index contributed by atoms with van der Waals surface area (Å²) in [5.74, 6) is -2.00. The van der Waals surface area contributed by atoms with E-state index in [0.29, 0.717) is 0 Å². The van der Waals surface area contributed by atoms with Crippen LogP contribution >= 0.6 is 0 Å². The van der Waals surface area contributed by atoms with Gasteiger partial charge in [-0.3, -0.25) is 4.79 Å². The van der Waals surface area contributed by atoms with Crippen molar-refractivity contribution in [2.45, 2.75) is 18.4 Å². The van der Waals surface area contributed by atoms with Gasteiger partial charge in [0, 0.05) is 6.20 Å². The first kappa shape index (κ1) is 10.9. The Hall–Kier alpha value is -1.21. The van der Waals surface area contributed by atoms with Crippen LogP contribution in [0.2, 0.25) is 0 Å². The van der Waals surface area contributed by atoms with Crippen LogP contribution < -0.4 is 5.32 Å². The highest BCUT2D eigenvalue weighted by Gasteiger charge is 2.53. The second kappa shape index (κ2) is 2.89. The summed E-state index contributed by atoms with van der Waals surface area (Å²) in [6.45, 7) is 0. The van der Waals surface area contributed by atoms with Crippen molar-refractivity contribution < 1.29 is 31.1 Å². The molecule has 0 fully saturated rings. The summed E-state index contributed by atoms with van der Waals surface area (Å²) in [7, 11) is 0. The zero-order valence-electron chi connectivity index (χ0n) is 6.33. The van der Waals surface area contributed by atoms with Crippen LogP contribution in [0.4, 0.5) is 26.3 Å². The maximum absolute atomic E-state index is 11.9. The number of rotatable bonds is 0. The number of carbonyl (C=O) groups is 1. The third-order valence-corrected chi connectivity index (χ3v) is 1.55. The van der Waals surface area contributed by atoms with Crippen molar-refractivity contribution in [1.29, 1.82) is 0 Å². The molecule has 0 aromatic rings. The lowest BCUT2D eigenvalue weighted by Crippen LogP contribution is -2.43. The number of hydrogen-bond acceptors (Lipinski definition) is 2. The summed E-state index contributed by atoms with van der Waals surface area (Å²) < 4.78 is 71.3. The molecule has 0 bridgehead atoms. The Morgan fingerprint density at radius 1 is 1.14 bits per heavy atom. The molecule has 0 saturated carbocycles. The summed E-state index contributed by atoms with van der Waals surface area (Å²) in [6.07, 6.45) is -10.0. The summed E-state index contributed by atoms with van der Waals surface area (Å²) >= 11 is 0. The highest BCUT2D eigenvalue weighted by Crippen LogP contribution is 2.33. The Labute approximate surface area is 73.6 Å². The normalized spacial score (nSPS) is 23.4. The van der Waals surface area contributed by atoms with E-state index in [2.05, 4.69) is 0 Å². The number of hydrogen-bond donors (Lipinski definition) is 1. The van der Waals surface area contributed by atoms with Gasteiger partial charge in [0.25, 0.3) is 0 Å². The average molecular weight is 219 g/mol. The number of nitrogens with one attached hydrogen (secondary N) is 1. The van der Waals surface area contributed by atoms with E-state index in [9.17, 15) is 31.1 Å². The first-order valence-corrected chi connectivity index (χ1v) is 3.28. The third-order valence-electron chi connectivity index (χ3n) is 1.55. The van der Waals surface area contributed by atoms with Gasteiger partial charge in [0.2, 0.25) is 5.78 Å². The molecule has 0 aromatic carbocycles. The van der Waals surface area contributed by atoms with Crippen LogP contribution in [-0.2, 0) is 4.79 Å². The first-order valence-electron chi connectivity index (χ1n) is 3.28. The van der Waals surface area contributed by atoms with Crippen molar-refractivity contribution in [3.05, 3.63) is 11.8 Å². The Kier molecular flexibility index (Phi) is 2.24. The predicted molar refractivity (Wildman–Crippen MR) is 32.1 cm³/mol. The van der Waals surface area contributed by atoms with Gasteiger partial charge in [-0.2, -0.15) is 26.3 Å². The fraction of sp³-hybridized carbons (Fsp3) is 0.500. The molecule has 0 amide bonds. The number of alkyl halides is 6. The topological polar surface area (TPSA) is 29.1 Å². The quantitative estimate of drug-likeness (QED) is 0.626. The average Bonchev–Trinajstić information content (AvgIpc) is 2.26. The van der Waals surface area contributed by atoms with Gasteiger partial charge in [-0.15, -0.1) is 0 Å². The molecule has 0 aromatic heterocycles. The molecule has 14 heavy (non-hydrogen) atoms. The van der Waals surface area contributed by atoms with Crippen molar-refractivity contribution >= 4 is 5.78 Å². The highest BCUT2D eigenvalue weighted by atomic mass is 19.4. The van der Waals surface area contributed by atoms with Crippen LogP contribution in [0.3, 0.4) is 0 Å². The fourth-order valence-corrected chi connectivity index (χ4v) is 0.934. The van der Waals surface area contributed by atoms with E-state index in [1.807, 2.05) is 0 Å². The van der Waals surface area contributed by atoms with Crippen molar-refractivity contribution in [2.75, 3.05) is 0 Å². The van der Waals surface area contributed by atoms with E-state index in [0.717, 1.165) is 0 Å². The molecule has 8 heteroatoms. The minimum Gasteiger partial charge on any atom is -0.373 e. The summed E-state index contributed by atoms with van der Waals surface area (Å²) in [5.41, 5.74) is -1.81. The van der Waals surface area contributed by atoms with Gasteiger partial charge in [-0.1, -0.05) is 0 Å². The van der Waals surface area contributed by atoms with E-state index in [1.165, 1.54) is 5.32 Å². The van der Waals surface area contributed by atoms with Crippen LogP contribution in [0.1, 0.15) is 0 Å². The van der Waals surface area contributed by atoms with Crippen molar-refractivity contribution in [1.82, 2.24) is 5.32 Å². The van der Waals surface area contributed by atoms with E-state index in [1.54, 1.807) is 0 Å². The zero-order chi connectivity index (χ0) is 11.1. The van der Waals surface area contributed by atoms with Crippen LogP contribution in [-0.4, -0.2) is 24.2 Å². The van der Waals surface area contributed by atoms with Gasteiger partial charge in [0.05, 0.1) is 0 Å². The maximum Gasteiger partial charge on any atom is 0.421 e. The monoisotopic (exact) mass is 219 g/mol. The zero-order valence-corrected chi connectivity index (χ0v) is 6.33. The van der Waals surface area contributed by atoms with Crippen molar-refractivity contribution in [3.8, 4) is 0 Å².